The SMILES string of the molecule is NC(=O)CCC(N)C(=O)NC(CCC(N)=O)C(=O)NC(Cc1cnc[nH]1)C(=O)NC(Cc1ccc(O)cc1)C(=O)NC(CO)C(=O)NC(CO)C(=O)N1CCCC1C(=O)N1CCCC1C(=O)NC(CO)C(=O)O. The van der Waals surface area contributed by atoms with E-state index in [4.69, 9.17) is 17.2 Å². The summed E-state index contributed by atoms with van der Waals surface area (Å²) in [5.74, 6) is -10.8. The normalized spacial score (nSPS) is 18.1. The molecule has 4 rings (SSSR count). The zero-order valence-electron chi connectivity index (χ0n) is 39.6. The predicted octanol–water partition coefficient (Wildman–Crippen LogP) is -7.29. The predicted molar refractivity (Wildman–Crippen MR) is 249 cm³/mol. The number of aromatic amines is 1. The number of imidazole rings is 1. The number of carbonyl (C=O) groups excluding carboxylic acids is 10. The maximum Gasteiger partial charge on any atom is 0.328 e. The van der Waals surface area contributed by atoms with Crippen molar-refractivity contribution in [3.05, 3.63) is 48.0 Å². The molecule has 0 radical (unpaired) electrons. The first-order valence-electron chi connectivity index (χ1n) is 23.2. The molecule has 29 nitrogen and oxygen atoms in total. The van der Waals surface area contributed by atoms with Gasteiger partial charge in [-0.25, -0.2) is 9.78 Å². The van der Waals surface area contributed by atoms with Gasteiger partial charge in [-0.3, -0.25) is 47.9 Å². The summed E-state index contributed by atoms with van der Waals surface area (Å²) in [4.78, 5) is 153. The van der Waals surface area contributed by atoms with E-state index in [1.54, 1.807) is 0 Å². The highest BCUT2D eigenvalue weighted by molar-refractivity contribution is 5.98. The van der Waals surface area contributed by atoms with Gasteiger partial charge in [0.25, 0.3) is 0 Å². The monoisotopic (exact) mass is 1030 g/mol. The first-order valence-corrected chi connectivity index (χ1v) is 23.2. The molecule has 0 spiro atoms. The van der Waals surface area contributed by atoms with E-state index in [1.165, 1.54) is 41.7 Å². The number of hydrogen-bond acceptors (Lipinski definition) is 17. The third kappa shape index (κ3) is 16.9. The maximum absolute atomic E-state index is 14.2. The Morgan fingerprint density at radius 1 is 0.630 bits per heavy atom. The largest absolute Gasteiger partial charge is 0.508 e. The molecule has 0 bridgehead atoms. The number of benzene rings is 1. The number of likely N-dealkylation sites (tertiary alicyclic amines) is 2. The maximum atomic E-state index is 14.2. The zero-order chi connectivity index (χ0) is 53.9. The molecule has 3 heterocycles. The second-order valence-electron chi connectivity index (χ2n) is 17.4. The first kappa shape index (κ1) is 57.8. The number of aromatic hydroxyl groups is 1. The molecule has 0 aliphatic carbocycles. The third-order valence-corrected chi connectivity index (χ3v) is 12.0. The molecule has 73 heavy (non-hydrogen) atoms. The van der Waals surface area contributed by atoms with Gasteiger partial charge in [0.15, 0.2) is 0 Å². The lowest BCUT2D eigenvalue weighted by Gasteiger charge is -2.33. The lowest BCUT2D eigenvalue weighted by molar-refractivity contribution is -0.149. The molecule has 400 valence electrons. The fourth-order valence-electron chi connectivity index (χ4n) is 8.07. The molecule has 1 aromatic carbocycles. The number of hydrogen-bond donors (Lipinski definition) is 15. The number of primary amides is 2. The number of amides is 10. The summed E-state index contributed by atoms with van der Waals surface area (Å²) in [6.07, 6.45) is 1.76. The quantitative estimate of drug-likeness (QED) is 0.0376. The van der Waals surface area contributed by atoms with Crippen LogP contribution < -0.4 is 49.1 Å². The molecule has 10 amide bonds. The molecule has 2 fully saturated rings. The molecular weight excluding hydrogens is 967 g/mol. The minimum atomic E-state index is -1.84. The minimum absolute atomic E-state index is 0.00617. The number of nitrogens with one attached hydrogen (secondary N) is 7. The van der Waals surface area contributed by atoms with Crippen LogP contribution >= 0.6 is 0 Å². The van der Waals surface area contributed by atoms with Crippen molar-refractivity contribution in [1.29, 1.82) is 0 Å². The van der Waals surface area contributed by atoms with Crippen LogP contribution in [0.4, 0.5) is 0 Å². The van der Waals surface area contributed by atoms with E-state index in [1.807, 2.05) is 0 Å². The number of aliphatic carboxylic acids is 1. The van der Waals surface area contributed by atoms with Crippen molar-refractivity contribution in [1.82, 2.24) is 51.7 Å². The zero-order valence-corrected chi connectivity index (χ0v) is 39.6. The number of carboxylic acids is 1. The standard InChI is InChI=1S/C44H63N13O16/c45-25(9-11-34(46)62)36(64)50-26(10-12-35(47)63)37(65)52-28(16-23-17-48-21-49-23)39(67)51-27(15-22-5-7-24(61)8-6-22)38(66)53-29(18-58)40(68)54-30(19-59)42(70)57-14-2-4-33(57)43(71)56-13-1-3-32(56)41(69)55-31(20-60)44(72)73/h5-8,17,21,25-33,58-61H,1-4,9-16,18-20,45H2,(H2,46,62)(H2,47,63)(H,48,49)(H,50,64)(H,51,67)(H,52,65)(H,53,66)(H,54,68)(H,55,69)(H,72,73). The lowest BCUT2D eigenvalue weighted by atomic mass is 10.0. The van der Waals surface area contributed by atoms with Gasteiger partial charge in [0.2, 0.25) is 59.1 Å². The Hall–Kier alpha value is -7.76. The summed E-state index contributed by atoms with van der Waals surface area (Å²) in [5.41, 5.74) is 17.0. The number of carbonyl (C=O) groups is 11. The summed E-state index contributed by atoms with van der Waals surface area (Å²) >= 11 is 0. The van der Waals surface area contributed by atoms with E-state index in [9.17, 15) is 78.3 Å². The summed E-state index contributed by atoms with van der Waals surface area (Å²) in [6.45, 7) is -2.92. The molecule has 2 saturated heterocycles. The van der Waals surface area contributed by atoms with E-state index >= 15 is 0 Å². The fourth-order valence-corrected chi connectivity index (χ4v) is 8.07. The van der Waals surface area contributed by atoms with Crippen molar-refractivity contribution in [3.8, 4) is 5.75 Å². The summed E-state index contributed by atoms with van der Waals surface area (Å²) in [7, 11) is 0. The highest BCUT2D eigenvalue weighted by Gasteiger charge is 2.44. The average Bonchev–Trinajstić information content (AvgIpc) is 4.18. The summed E-state index contributed by atoms with van der Waals surface area (Å²) in [5, 5.41) is 63.4. The van der Waals surface area contributed by atoms with Gasteiger partial charge < -0.3 is 89.4 Å². The molecule has 2 aliphatic heterocycles. The Morgan fingerprint density at radius 2 is 1.14 bits per heavy atom. The van der Waals surface area contributed by atoms with Gasteiger partial charge in [0.05, 0.1) is 32.2 Å². The second kappa shape index (κ2) is 27.7. The number of aromatic nitrogens is 2. The molecule has 9 unspecified atom stereocenters. The highest BCUT2D eigenvalue weighted by atomic mass is 16.4. The van der Waals surface area contributed by atoms with Crippen molar-refractivity contribution >= 4 is 65.0 Å². The number of H-pyrrole nitrogens is 1. The molecule has 29 heteroatoms. The number of nitrogens with zero attached hydrogens (tertiary/aromatic N) is 3. The van der Waals surface area contributed by atoms with Crippen LogP contribution in [0.2, 0.25) is 0 Å². The van der Waals surface area contributed by atoms with Crippen LogP contribution in [0.1, 0.15) is 62.6 Å². The lowest BCUT2D eigenvalue weighted by Crippen LogP contribution is -2.61. The molecular formula is C44H63N13O16. The highest BCUT2D eigenvalue weighted by Crippen LogP contribution is 2.26. The number of nitrogens with two attached hydrogens (primary N) is 3. The summed E-state index contributed by atoms with van der Waals surface area (Å²) < 4.78 is 0. The molecule has 9 atom stereocenters. The van der Waals surface area contributed by atoms with E-state index < -0.39 is 146 Å². The van der Waals surface area contributed by atoms with Crippen LogP contribution in [-0.4, -0.2) is 198 Å². The Bertz CT molecular complexity index is 2300. The number of rotatable bonds is 28. The Morgan fingerprint density at radius 3 is 1.70 bits per heavy atom. The Kier molecular flexibility index (Phi) is 22.0. The van der Waals surface area contributed by atoms with Gasteiger partial charge in [-0.1, -0.05) is 12.1 Å². The van der Waals surface area contributed by atoms with E-state index in [2.05, 4.69) is 41.9 Å². The second-order valence-corrected chi connectivity index (χ2v) is 17.4. The molecule has 2 aliphatic rings. The number of aliphatic hydroxyl groups is 3. The van der Waals surface area contributed by atoms with Gasteiger partial charge in [0.1, 0.15) is 54.1 Å². The Balaban J connectivity index is 1.52. The molecule has 2 aromatic rings. The third-order valence-electron chi connectivity index (χ3n) is 12.0. The van der Waals surface area contributed by atoms with Gasteiger partial charge in [-0.2, -0.15) is 0 Å². The fraction of sp³-hybridized carbons (Fsp3) is 0.545. The summed E-state index contributed by atoms with van der Waals surface area (Å²) in [6, 6.07) is -8.03. The van der Waals surface area contributed by atoms with Crippen LogP contribution in [0.25, 0.3) is 0 Å². The topological polar surface area (TPSA) is 474 Å². The van der Waals surface area contributed by atoms with Crippen molar-refractivity contribution in [2.45, 2.75) is 119 Å². The van der Waals surface area contributed by atoms with E-state index in [0.29, 0.717) is 24.1 Å². The number of phenols is 1. The van der Waals surface area contributed by atoms with Crippen molar-refractivity contribution in [2.75, 3.05) is 32.9 Å². The first-order chi connectivity index (χ1) is 34.7. The number of aliphatic hydroxyl groups excluding tert-OH is 3. The van der Waals surface area contributed by atoms with Crippen molar-refractivity contribution < 1.29 is 78.3 Å². The smallest absolute Gasteiger partial charge is 0.328 e. The van der Waals surface area contributed by atoms with Crippen molar-refractivity contribution in [2.24, 2.45) is 17.2 Å². The number of phenolic OH excluding ortho intramolecular Hbond substituents is 1. The van der Waals surface area contributed by atoms with Crippen LogP contribution in [0, 0.1) is 0 Å². The average molecular weight is 1030 g/mol. The molecule has 0 saturated carbocycles. The van der Waals surface area contributed by atoms with Crippen LogP contribution in [0.15, 0.2) is 36.8 Å². The van der Waals surface area contributed by atoms with Crippen LogP contribution in [-0.2, 0) is 65.6 Å². The minimum Gasteiger partial charge on any atom is -0.508 e. The Labute approximate surface area is 416 Å². The molecule has 1 aromatic heterocycles. The van der Waals surface area contributed by atoms with Gasteiger partial charge in [-0.15, -0.1) is 0 Å². The van der Waals surface area contributed by atoms with Crippen molar-refractivity contribution in [3.63, 3.8) is 0 Å². The van der Waals surface area contributed by atoms with Gasteiger partial charge in [0, 0.05) is 50.7 Å². The van der Waals surface area contributed by atoms with Gasteiger partial charge in [-0.05, 0) is 56.2 Å². The van der Waals surface area contributed by atoms with Crippen LogP contribution in [0.3, 0.4) is 0 Å². The van der Waals surface area contributed by atoms with E-state index in [0.717, 1.165) is 4.90 Å². The number of carboxylic acid groups (broad SMARTS) is 1. The van der Waals surface area contributed by atoms with Crippen LogP contribution in [0.5, 0.6) is 5.75 Å². The van der Waals surface area contributed by atoms with E-state index in [-0.39, 0.29) is 63.8 Å². The molecule has 18 N–H and O–H groups in total. The van der Waals surface area contributed by atoms with Gasteiger partial charge >= 0.3 is 5.97 Å².